The van der Waals surface area contributed by atoms with Crippen molar-refractivity contribution in [3.05, 3.63) is 0 Å². The molecule has 1 rings (SSSR count). The molecule has 0 aromatic carbocycles. The van der Waals surface area contributed by atoms with E-state index < -0.39 is 18.0 Å². The summed E-state index contributed by atoms with van der Waals surface area (Å²) in [6.07, 6.45) is 1.81. The number of carbonyl (C=O) groups excluding carboxylic acids is 1. The summed E-state index contributed by atoms with van der Waals surface area (Å²) in [5.41, 5.74) is 0.0339. The minimum Gasteiger partial charge on any atom is -0.480 e. The van der Waals surface area contributed by atoms with Crippen molar-refractivity contribution in [1.82, 2.24) is 10.6 Å². The van der Waals surface area contributed by atoms with E-state index in [2.05, 4.69) is 17.6 Å². The molecule has 1 fully saturated rings. The third-order valence-corrected chi connectivity index (χ3v) is 3.59. The Bertz CT molecular complexity index is 325. The van der Waals surface area contributed by atoms with Crippen molar-refractivity contribution >= 4 is 12.0 Å². The van der Waals surface area contributed by atoms with Crippen LogP contribution in [-0.4, -0.2) is 42.9 Å². The zero-order valence-corrected chi connectivity index (χ0v) is 11.9. The van der Waals surface area contributed by atoms with Gasteiger partial charge in [-0.05, 0) is 24.2 Å². The number of nitrogens with one attached hydrogen (secondary N) is 2. The van der Waals surface area contributed by atoms with Crippen molar-refractivity contribution in [2.45, 2.75) is 39.7 Å². The normalized spacial score (nSPS) is 19.8. The molecule has 1 heterocycles. The molecule has 0 spiro atoms. The Kier molecular flexibility index (Phi) is 5.60. The van der Waals surface area contributed by atoms with E-state index in [0.29, 0.717) is 19.8 Å². The van der Waals surface area contributed by atoms with Gasteiger partial charge in [0.15, 0.2) is 0 Å². The van der Waals surface area contributed by atoms with Crippen molar-refractivity contribution in [2.75, 3.05) is 19.8 Å². The number of ether oxygens (including phenoxy) is 1. The number of carbonyl (C=O) groups is 2. The smallest absolute Gasteiger partial charge is 0.326 e. The summed E-state index contributed by atoms with van der Waals surface area (Å²) in [5, 5.41) is 14.3. The van der Waals surface area contributed by atoms with E-state index in [1.807, 2.05) is 0 Å². The fourth-order valence-electron chi connectivity index (χ4n) is 2.04. The average molecular weight is 272 g/mol. The van der Waals surface area contributed by atoms with Crippen LogP contribution in [0.15, 0.2) is 0 Å². The Labute approximate surface area is 113 Å². The molecule has 19 heavy (non-hydrogen) atoms. The van der Waals surface area contributed by atoms with E-state index >= 15 is 0 Å². The van der Waals surface area contributed by atoms with Gasteiger partial charge in [-0.25, -0.2) is 9.59 Å². The highest BCUT2D eigenvalue weighted by atomic mass is 16.5. The summed E-state index contributed by atoms with van der Waals surface area (Å²) in [6, 6.07) is -1.28. The molecule has 0 saturated carbocycles. The van der Waals surface area contributed by atoms with Gasteiger partial charge in [-0.3, -0.25) is 0 Å². The Morgan fingerprint density at radius 3 is 2.37 bits per heavy atom. The lowest BCUT2D eigenvalue weighted by Gasteiger charge is -2.33. The number of carboxylic acid groups (broad SMARTS) is 1. The average Bonchev–Trinajstić information content (AvgIpc) is 2.34. The summed E-state index contributed by atoms with van der Waals surface area (Å²) in [5.74, 6) is -1.16. The third-order valence-electron chi connectivity index (χ3n) is 3.59. The predicted molar refractivity (Wildman–Crippen MR) is 71.0 cm³/mol. The molecule has 6 nitrogen and oxygen atoms in total. The summed E-state index contributed by atoms with van der Waals surface area (Å²) in [4.78, 5) is 22.7. The predicted octanol–water partition coefficient (Wildman–Crippen LogP) is 1.21. The molecule has 0 bridgehead atoms. The maximum absolute atomic E-state index is 11.7. The lowest BCUT2D eigenvalue weighted by Crippen LogP contribution is -2.50. The second-order valence-corrected chi connectivity index (χ2v) is 5.81. The molecule has 1 saturated heterocycles. The fraction of sp³-hybridized carbons (Fsp3) is 0.846. The number of carboxylic acids is 1. The summed E-state index contributed by atoms with van der Waals surface area (Å²) in [6.45, 7) is 7.59. The standard InChI is InChI=1S/C13H24N2O4/c1-9(2)10(11(16)17)15-12(18)14-8-13(3)4-6-19-7-5-13/h9-10H,4-8H2,1-3H3,(H,16,17)(H2,14,15,18)/t10-/m1/s1. The van der Waals surface area contributed by atoms with Gasteiger partial charge < -0.3 is 20.5 Å². The van der Waals surface area contributed by atoms with E-state index in [-0.39, 0.29) is 11.3 Å². The quantitative estimate of drug-likeness (QED) is 0.702. The van der Waals surface area contributed by atoms with E-state index in [9.17, 15) is 9.59 Å². The molecule has 1 aliphatic heterocycles. The number of aliphatic carboxylic acids is 1. The van der Waals surface area contributed by atoms with Gasteiger partial charge in [-0.1, -0.05) is 20.8 Å². The molecule has 0 unspecified atom stereocenters. The zero-order valence-electron chi connectivity index (χ0n) is 11.9. The topological polar surface area (TPSA) is 87.7 Å². The first-order chi connectivity index (χ1) is 8.84. The van der Waals surface area contributed by atoms with E-state index in [4.69, 9.17) is 9.84 Å². The lowest BCUT2D eigenvalue weighted by molar-refractivity contribution is -0.140. The molecule has 1 aliphatic rings. The third kappa shape index (κ3) is 5.06. The molecule has 2 amide bonds. The van der Waals surface area contributed by atoms with Crippen molar-refractivity contribution < 1.29 is 19.4 Å². The molecule has 0 aromatic rings. The Morgan fingerprint density at radius 2 is 1.89 bits per heavy atom. The molecule has 6 heteroatoms. The summed E-state index contributed by atoms with van der Waals surface area (Å²) in [7, 11) is 0. The van der Waals surface area contributed by atoms with E-state index in [1.54, 1.807) is 13.8 Å². The second kappa shape index (κ2) is 6.75. The molecule has 3 N–H and O–H groups in total. The van der Waals surface area contributed by atoms with Crippen LogP contribution in [0.2, 0.25) is 0 Å². The van der Waals surface area contributed by atoms with E-state index in [0.717, 1.165) is 12.8 Å². The Hall–Kier alpha value is -1.30. The highest BCUT2D eigenvalue weighted by Gasteiger charge is 2.29. The van der Waals surface area contributed by atoms with Crippen molar-refractivity contribution in [3.63, 3.8) is 0 Å². The molecule has 0 aromatic heterocycles. The van der Waals surface area contributed by atoms with Crippen LogP contribution in [0.1, 0.15) is 33.6 Å². The second-order valence-electron chi connectivity index (χ2n) is 5.81. The molecule has 1 atom stereocenters. The van der Waals surface area contributed by atoms with Crippen LogP contribution in [0.3, 0.4) is 0 Å². The maximum atomic E-state index is 11.7. The minimum absolute atomic E-state index is 0.0339. The van der Waals surface area contributed by atoms with Gasteiger partial charge in [0, 0.05) is 19.8 Å². The Balaban J connectivity index is 2.40. The van der Waals surface area contributed by atoms with Gasteiger partial charge in [0.25, 0.3) is 0 Å². The minimum atomic E-state index is -1.01. The highest BCUT2D eigenvalue weighted by molar-refractivity contribution is 5.82. The maximum Gasteiger partial charge on any atom is 0.326 e. The number of rotatable bonds is 5. The largest absolute Gasteiger partial charge is 0.480 e. The lowest BCUT2D eigenvalue weighted by atomic mass is 9.82. The van der Waals surface area contributed by atoms with Crippen LogP contribution in [0, 0.1) is 11.3 Å². The van der Waals surface area contributed by atoms with Crippen LogP contribution < -0.4 is 10.6 Å². The van der Waals surface area contributed by atoms with Gasteiger partial charge >= 0.3 is 12.0 Å². The molecular formula is C13H24N2O4. The fourth-order valence-corrected chi connectivity index (χ4v) is 2.04. The van der Waals surface area contributed by atoms with Gasteiger partial charge in [-0.2, -0.15) is 0 Å². The summed E-state index contributed by atoms with van der Waals surface area (Å²) >= 11 is 0. The SMILES string of the molecule is CC(C)[C@@H](NC(=O)NCC1(C)CCOCC1)C(=O)O. The monoisotopic (exact) mass is 272 g/mol. The van der Waals surface area contributed by atoms with Crippen LogP contribution in [0.25, 0.3) is 0 Å². The number of hydrogen-bond donors (Lipinski definition) is 3. The first kappa shape index (κ1) is 15.8. The molecule has 0 aliphatic carbocycles. The first-order valence-electron chi connectivity index (χ1n) is 6.69. The van der Waals surface area contributed by atoms with Crippen LogP contribution in [0.4, 0.5) is 4.79 Å². The summed E-state index contributed by atoms with van der Waals surface area (Å²) < 4.78 is 5.29. The highest BCUT2D eigenvalue weighted by Crippen LogP contribution is 2.28. The van der Waals surface area contributed by atoms with Crippen LogP contribution in [0.5, 0.6) is 0 Å². The van der Waals surface area contributed by atoms with Crippen LogP contribution in [-0.2, 0) is 9.53 Å². The van der Waals surface area contributed by atoms with Crippen LogP contribution >= 0.6 is 0 Å². The number of urea groups is 1. The Morgan fingerprint density at radius 1 is 1.32 bits per heavy atom. The number of hydrogen-bond acceptors (Lipinski definition) is 3. The molecular weight excluding hydrogens is 248 g/mol. The van der Waals surface area contributed by atoms with Crippen molar-refractivity contribution in [3.8, 4) is 0 Å². The van der Waals surface area contributed by atoms with Gasteiger partial charge in [0.05, 0.1) is 0 Å². The van der Waals surface area contributed by atoms with Crippen molar-refractivity contribution in [2.24, 2.45) is 11.3 Å². The molecule has 0 radical (unpaired) electrons. The zero-order chi connectivity index (χ0) is 14.5. The first-order valence-corrected chi connectivity index (χ1v) is 6.69. The van der Waals surface area contributed by atoms with E-state index in [1.165, 1.54) is 0 Å². The van der Waals surface area contributed by atoms with Crippen molar-refractivity contribution in [1.29, 1.82) is 0 Å². The molecule has 110 valence electrons. The van der Waals surface area contributed by atoms with Gasteiger partial charge in [0.1, 0.15) is 6.04 Å². The van der Waals surface area contributed by atoms with Gasteiger partial charge in [0.2, 0.25) is 0 Å². The van der Waals surface area contributed by atoms with Gasteiger partial charge in [-0.15, -0.1) is 0 Å². The number of amides is 2.